The summed E-state index contributed by atoms with van der Waals surface area (Å²) >= 11 is 0. The summed E-state index contributed by atoms with van der Waals surface area (Å²) in [5, 5.41) is 2.49. The zero-order chi connectivity index (χ0) is 14.9. The Labute approximate surface area is 126 Å². The molecule has 114 valence electrons. The van der Waals surface area contributed by atoms with Gasteiger partial charge in [0.1, 0.15) is 0 Å². The van der Waals surface area contributed by atoms with Crippen molar-refractivity contribution < 1.29 is 14.3 Å². The Hall–Kier alpha value is -1.50. The number of esters is 1. The van der Waals surface area contributed by atoms with Gasteiger partial charge in [-0.25, -0.2) is 0 Å². The molecule has 0 heterocycles. The van der Waals surface area contributed by atoms with E-state index >= 15 is 0 Å². The van der Waals surface area contributed by atoms with Crippen molar-refractivity contribution in [2.75, 3.05) is 13.2 Å². The molecule has 1 amide bonds. The Morgan fingerprint density at radius 1 is 1.14 bits per heavy atom. The van der Waals surface area contributed by atoms with Gasteiger partial charge >= 0.3 is 5.97 Å². The van der Waals surface area contributed by atoms with Gasteiger partial charge in [-0.3, -0.25) is 9.59 Å². The van der Waals surface area contributed by atoms with Crippen LogP contribution in [0.15, 0.2) is 0 Å². The van der Waals surface area contributed by atoms with Gasteiger partial charge in [0.15, 0.2) is 6.61 Å². The Kier molecular flexibility index (Phi) is 3.93. The summed E-state index contributed by atoms with van der Waals surface area (Å²) in [6.45, 7) is -0.0434. The lowest BCUT2D eigenvalue weighted by atomic mass is 9.49. The average molecular weight is 289 g/mol. The van der Waals surface area contributed by atoms with Gasteiger partial charge < -0.3 is 10.1 Å². The van der Waals surface area contributed by atoms with Crippen LogP contribution < -0.4 is 5.32 Å². The number of hydrogen-bond acceptors (Lipinski definition) is 3. The van der Waals surface area contributed by atoms with Crippen LogP contribution in [0, 0.1) is 35.5 Å². The first-order chi connectivity index (χ1) is 10.1. The third-order valence-corrected chi connectivity index (χ3v) is 5.44. The second-order valence-electron chi connectivity index (χ2n) is 7.24. The first-order valence-electron chi connectivity index (χ1n) is 7.94. The van der Waals surface area contributed by atoms with Crippen LogP contribution in [0.2, 0.25) is 0 Å². The fraction of sp³-hybridized carbons (Fsp3) is 0.765. The number of hydrogen-bond donors (Lipinski definition) is 1. The number of rotatable bonds is 5. The van der Waals surface area contributed by atoms with Crippen LogP contribution in [0.4, 0.5) is 0 Å². The molecule has 4 fully saturated rings. The molecule has 0 atom stereocenters. The van der Waals surface area contributed by atoms with Crippen molar-refractivity contribution in [2.45, 2.75) is 44.9 Å². The van der Waals surface area contributed by atoms with E-state index in [2.05, 4.69) is 11.2 Å². The number of terminal acetylenes is 1. The van der Waals surface area contributed by atoms with E-state index in [0.29, 0.717) is 6.42 Å². The third kappa shape index (κ3) is 3.23. The Morgan fingerprint density at radius 3 is 2.24 bits per heavy atom. The van der Waals surface area contributed by atoms with Crippen LogP contribution >= 0.6 is 0 Å². The Balaban J connectivity index is 1.49. The van der Waals surface area contributed by atoms with Gasteiger partial charge in [-0.1, -0.05) is 5.92 Å². The summed E-state index contributed by atoms with van der Waals surface area (Å²) in [6, 6.07) is 0. The molecule has 4 bridgehead atoms. The van der Waals surface area contributed by atoms with E-state index in [9.17, 15) is 9.59 Å². The van der Waals surface area contributed by atoms with Crippen LogP contribution in [0.25, 0.3) is 0 Å². The van der Waals surface area contributed by atoms with Crippen LogP contribution in [0.5, 0.6) is 0 Å². The quantitative estimate of drug-likeness (QED) is 0.621. The second-order valence-corrected chi connectivity index (χ2v) is 7.24. The standard InChI is InChI=1S/C17H23NO3/c1-2-3-18-15(19)11-21-16(20)10-17-7-12-4-13(8-17)6-14(5-12)9-17/h1,12-14H,3-11H2,(H,18,19). The molecule has 0 spiro atoms. The summed E-state index contributed by atoms with van der Waals surface area (Å²) in [5.41, 5.74) is 0.168. The molecule has 0 saturated heterocycles. The van der Waals surface area contributed by atoms with Crippen molar-refractivity contribution in [3.63, 3.8) is 0 Å². The molecule has 0 unspecified atom stereocenters. The minimum atomic E-state index is -0.327. The van der Waals surface area contributed by atoms with Crippen LogP contribution in [0.3, 0.4) is 0 Å². The normalized spacial score (nSPS) is 36.0. The van der Waals surface area contributed by atoms with Crippen molar-refractivity contribution in [1.29, 1.82) is 0 Å². The molecule has 0 aromatic rings. The number of nitrogens with one attached hydrogen (secondary N) is 1. The minimum Gasteiger partial charge on any atom is -0.456 e. The summed E-state index contributed by atoms with van der Waals surface area (Å²) < 4.78 is 5.12. The van der Waals surface area contributed by atoms with E-state index in [4.69, 9.17) is 11.2 Å². The summed E-state index contributed by atoms with van der Waals surface area (Å²) in [7, 11) is 0. The lowest BCUT2D eigenvalue weighted by molar-refractivity contribution is -0.155. The van der Waals surface area contributed by atoms with Crippen LogP contribution in [-0.2, 0) is 14.3 Å². The van der Waals surface area contributed by atoms with Crippen molar-refractivity contribution in [3.8, 4) is 12.3 Å². The van der Waals surface area contributed by atoms with Gasteiger partial charge in [0, 0.05) is 0 Å². The number of carbonyl (C=O) groups is 2. The van der Waals surface area contributed by atoms with Gasteiger partial charge in [-0.05, 0) is 61.7 Å². The summed E-state index contributed by atoms with van der Waals surface area (Å²) in [4.78, 5) is 23.4. The topological polar surface area (TPSA) is 55.4 Å². The maximum absolute atomic E-state index is 12.1. The van der Waals surface area contributed by atoms with E-state index in [1.165, 1.54) is 38.5 Å². The SMILES string of the molecule is C#CCNC(=O)COC(=O)CC12CC3CC(CC(C3)C1)C2. The second kappa shape index (κ2) is 5.71. The Bertz CT molecular complexity index is 442. The number of amides is 1. The highest BCUT2D eigenvalue weighted by molar-refractivity contribution is 5.80. The minimum absolute atomic E-state index is 0.168. The molecule has 4 rings (SSSR count). The first-order valence-corrected chi connectivity index (χ1v) is 7.94. The van der Waals surface area contributed by atoms with Gasteiger partial charge in [-0.15, -0.1) is 6.42 Å². The molecule has 4 aliphatic rings. The average Bonchev–Trinajstić information content (AvgIpc) is 2.40. The highest BCUT2D eigenvalue weighted by atomic mass is 16.5. The fourth-order valence-corrected chi connectivity index (χ4v) is 5.21. The van der Waals surface area contributed by atoms with E-state index < -0.39 is 0 Å². The predicted octanol–water partition coefficient (Wildman–Crippen LogP) is 1.89. The van der Waals surface area contributed by atoms with Crippen molar-refractivity contribution >= 4 is 11.9 Å². The van der Waals surface area contributed by atoms with Crippen molar-refractivity contribution in [2.24, 2.45) is 23.2 Å². The highest BCUT2D eigenvalue weighted by Crippen LogP contribution is 2.61. The molecule has 0 radical (unpaired) electrons. The van der Waals surface area contributed by atoms with Gasteiger partial charge in [0.05, 0.1) is 13.0 Å². The summed E-state index contributed by atoms with van der Waals surface area (Å²) in [5.74, 6) is 4.23. The molecule has 0 aromatic carbocycles. The summed E-state index contributed by atoms with van der Waals surface area (Å²) in [6.07, 6.45) is 13.2. The number of ether oxygens (including phenoxy) is 1. The molecular formula is C17H23NO3. The van der Waals surface area contributed by atoms with E-state index in [0.717, 1.165) is 17.8 Å². The first kappa shape index (κ1) is 14.4. The monoisotopic (exact) mass is 289 g/mol. The molecule has 4 saturated carbocycles. The molecular weight excluding hydrogens is 266 g/mol. The smallest absolute Gasteiger partial charge is 0.306 e. The lowest BCUT2D eigenvalue weighted by Gasteiger charge is -2.56. The number of carbonyl (C=O) groups excluding carboxylic acids is 2. The molecule has 21 heavy (non-hydrogen) atoms. The van der Waals surface area contributed by atoms with Gasteiger partial charge in [-0.2, -0.15) is 0 Å². The molecule has 4 nitrogen and oxygen atoms in total. The highest BCUT2D eigenvalue weighted by Gasteiger charge is 2.51. The van der Waals surface area contributed by atoms with E-state index in [1.54, 1.807) is 0 Å². The van der Waals surface area contributed by atoms with E-state index in [-0.39, 0.29) is 30.4 Å². The van der Waals surface area contributed by atoms with Crippen LogP contribution in [-0.4, -0.2) is 25.0 Å². The predicted molar refractivity (Wildman–Crippen MR) is 78.0 cm³/mol. The van der Waals surface area contributed by atoms with Gasteiger partial charge in [0.2, 0.25) is 0 Å². The van der Waals surface area contributed by atoms with Crippen molar-refractivity contribution in [1.82, 2.24) is 5.32 Å². The molecule has 0 aromatic heterocycles. The largest absolute Gasteiger partial charge is 0.456 e. The lowest BCUT2D eigenvalue weighted by Crippen LogP contribution is -2.47. The van der Waals surface area contributed by atoms with E-state index in [1.807, 2.05) is 0 Å². The zero-order valence-corrected chi connectivity index (χ0v) is 12.4. The van der Waals surface area contributed by atoms with Gasteiger partial charge in [0.25, 0.3) is 5.91 Å². The maximum Gasteiger partial charge on any atom is 0.306 e. The third-order valence-electron chi connectivity index (χ3n) is 5.44. The molecule has 1 N–H and O–H groups in total. The van der Waals surface area contributed by atoms with Crippen molar-refractivity contribution in [3.05, 3.63) is 0 Å². The fourth-order valence-electron chi connectivity index (χ4n) is 5.21. The molecule has 4 heteroatoms. The maximum atomic E-state index is 12.1. The molecule has 4 aliphatic carbocycles. The Morgan fingerprint density at radius 2 is 1.71 bits per heavy atom. The van der Waals surface area contributed by atoms with Crippen LogP contribution in [0.1, 0.15) is 44.9 Å². The molecule has 0 aliphatic heterocycles. The zero-order valence-electron chi connectivity index (χ0n) is 12.4.